The summed E-state index contributed by atoms with van der Waals surface area (Å²) >= 11 is 0. The number of aryl methyl sites for hydroxylation is 1. The smallest absolute Gasteiger partial charge is 0.254 e. The lowest BCUT2D eigenvalue weighted by molar-refractivity contribution is 0.0771. The minimum absolute atomic E-state index is 0.208. The molecule has 0 N–H and O–H groups in total. The number of hydrogen-bond donors (Lipinski definition) is 0. The maximum Gasteiger partial charge on any atom is 0.254 e. The third-order valence-corrected chi connectivity index (χ3v) is 3.25. The average Bonchev–Trinajstić information content (AvgIpc) is 2.55. The number of amides is 1. The number of nitrogens with zero attached hydrogens (tertiary/aromatic N) is 1. The Kier molecular flexibility index (Phi) is 2.99. The van der Waals surface area contributed by atoms with E-state index in [9.17, 15) is 4.79 Å². The zero-order valence-electron chi connectivity index (χ0n) is 10.3. The van der Waals surface area contributed by atoms with Crippen molar-refractivity contribution in [2.45, 2.75) is 33.7 Å². The first kappa shape index (κ1) is 11.2. The molecule has 0 radical (unpaired) electrons. The number of rotatable bonds is 3. The highest BCUT2D eigenvalue weighted by Crippen LogP contribution is 2.25. The van der Waals surface area contributed by atoms with E-state index < -0.39 is 0 Å². The summed E-state index contributed by atoms with van der Waals surface area (Å²) in [5, 5.41) is 0. The molecule has 1 aliphatic rings. The molecular formula is C14H19NO. The molecule has 0 aliphatic carbocycles. The SMILES string of the molecule is Cc1cccc2c1CN(CCC(C)C)C2=O. The second-order valence-electron chi connectivity index (χ2n) is 5.01. The van der Waals surface area contributed by atoms with Gasteiger partial charge in [0.1, 0.15) is 0 Å². The zero-order chi connectivity index (χ0) is 11.7. The molecule has 0 saturated carbocycles. The van der Waals surface area contributed by atoms with Crippen LogP contribution in [0, 0.1) is 12.8 Å². The summed E-state index contributed by atoms with van der Waals surface area (Å²) < 4.78 is 0. The maximum atomic E-state index is 12.1. The first-order valence-corrected chi connectivity index (χ1v) is 5.97. The fourth-order valence-electron chi connectivity index (χ4n) is 2.14. The molecular weight excluding hydrogens is 198 g/mol. The largest absolute Gasteiger partial charge is 0.334 e. The number of fused-ring (bicyclic) bond motifs is 1. The van der Waals surface area contributed by atoms with Gasteiger partial charge in [0.05, 0.1) is 0 Å². The van der Waals surface area contributed by atoms with Crippen LogP contribution in [-0.2, 0) is 6.54 Å². The van der Waals surface area contributed by atoms with Crippen LogP contribution >= 0.6 is 0 Å². The molecule has 1 aromatic carbocycles. The predicted octanol–water partition coefficient (Wildman–Crippen LogP) is 3.00. The fraction of sp³-hybridized carbons (Fsp3) is 0.500. The van der Waals surface area contributed by atoms with Gasteiger partial charge in [-0.25, -0.2) is 0 Å². The van der Waals surface area contributed by atoms with E-state index in [1.807, 2.05) is 17.0 Å². The Bertz CT molecular complexity index is 409. The van der Waals surface area contributed by atoms with Gasteiger partial charge in [-0.05, 0) is 36.5 Å². The van der Waals surface area contributed by atoms with E-state index in [4.69, 9.17) is 0 Å². The van der Waals surface area contributed by atoms with Crippen molar-refractivity contribution < 1.29 is 4.79 Å². The molecule has 1 aliphatic heterocycles. The van der Waals surface area contributed by atoms with Crippen LogP contribution in [0.1, 0.15) is 41.8 Å². The van der Waals surface area contributed by atoms with Crippen molar-refractivity contribution in [2.24, 2.45) is 5.92 Å². The second kappa shape index (κ2) is 4.28. The molecule has 0 bridgehead atoms. The van der Waals surface area contributed by atoms with E-state index in [0.717, 1.165) is 25.1 Å². The van der Waals surface area contributed by atoms with Gasteiger partial charge in [0.15, 0.2) is 0 Å². The van der Waals surface area contributed by atoms with Crippen molar-refractivity contribution in [3.63, 3.8) is 0 Å². The second-order valence-corrected chi connectivity index (χ2v) is 5.01. The number of benzene rings is 1. The molecule has 0 unspecified atom stereocenters. The lowest BCUT2D eigenvalue weighted by Gasteiger charge is -2.16. The molecule has 2 rings (SSSR count). The monoisotopic (exact) mass is 217 g/mol. The van der Waals surface area contributed by atoms with E-state index in [1.165, 1.54) is 11.1 Å². The van der Waals surface area contributed by atoms with E-state index in [1.54, 1.807) is 0 Å². The summed E-state index contributed by atoms with van der Waals surface area (Å²) in [7, 11) is 0. The first-order chi connectivity index (χ1) is 7.59. The van der Waals surface area contributed by atoms with E-state index in [-0.39, 0.29) is 5.91 Å². The van der Waals surface area contributed by atoms with Gasteiger partial charge in [-0.2, -0.15) is 0 Å². The Hall–Kier alpha value is -1.31. The van der Waals surface area contributed by atoms with Gasteiger partial charge in [-0.3, -0.25) is 4.79 Å². The zero-order valence-corrected chi connectivity index (χ0v) is 10.3. The van der Waals surface area contributed by atoms with Gasteiger partial charge in [0, 0.05) is 18.7 Å². The van der Waals surface area contributed by atoms with Crippen molar-refractivity contribution in [1.82, 2.24) is 4.90 Å². The molecule has 0 fully saturated rings. The molecule has 0 atom stereocenters. The Labute approximate surface area is 97.3 Å². The molecule has 16 heavy (non-hydrogen) atoms. The van der Waals surface area contributed by atoms with Crippen molar-refractivity contribution in [3.8, 4) is 0 Å². The summed E-state index contributed by atoms with van der Waals surface area (Å²) in [5.74, 6) is 0.858. The highest BCUT2D eigenvalue weighted by atomic mass is 16.2. The van der Waals surface area contributed by atoms with Gasteiger partial charge in [-0.1, -0.05) is 26.0 Å². The lowest BCUT2D eigenvalue weighted by Crippen LogP contribution is -2.25. The summed E-state index contributed by atoms with van der Waals surface area (Å²) in [6.07, 6.45) is 1.08. The van der Waals surface area contributed by atoms with Crippen LogP contribution in [0.25, 0.3) is 0 Å². The van der Waals surface area contributed by atoms with Gasteiger partial charge in [0.25, 0.3) is 5.91 Å². The molecule has 0 saturated heterocycles. The van der Waals surface area contributed by atoms with Crippen LogP contribution in [-0.4, -0.2) is 17.4 Å². The number of hydrogen-bond acceptors (Lipinski definition) is 1. The number of carbonyl (C=O) groups is 1. The topological polar surface area (TPSA) is 20.3 Å². The molecule has 0 aromatic heterocycles. The summed E-state index contributed by atoms with van der Waals surface area (Å²) in [4.78, 5) is 14.1. The van der Waals surface area contributed by atoms with Crippen molar-refractivity contribution in [1.29, 1.82) is 0 Å². The standard InChI is InChI=1S/C14H19NO/c1-10(2)7-8-15-9-13-11(3)5-4-6-12(13)14(15)16/h4-6,10H,7-9H2,1-3H3. The van der Waals surface area contributed by atoms with Crippen LogP contribution < -0.4 is 0 Å². The summed E-state index contributed by atoms with van der Waals surface area (Å²) in [6, 6.07) is 6.00. The Balaban J connectivity index is 2.15. The number of carbonyl (C=O) groups excluding carboxylic acids is 1. The Morgan fingerprint density at radius 1 is 1.38 bits per heavy atom. The lowest BCUT2D eigenvalue weighted by atomic mass is 10.1. The molecule has 86 valence electrons. The Morgan fingerprint density at radius 2 is 2.12 bits per heavy atom. The quantitative estimate of drug-likeness (QED) is 0.762. The molecule has 2 nitrogen and oxygen atoms in total. The van der Waals surface area contributed by atoms with Crippen molar-refractivity contribution in [3.05, 3.63) is 34.9 Å². The molecule has 1 aromatic rings. The van der Waals surface area contributed by atoms with Crippen LogP contribution in [0.15, 0.2) is 18.2 Å². The summed E-state index contributed by atoms with van der Waals surface area (Å²) in [5.41, 5.74) is 3.36. The fourth-order valence-corrected chi connectivity index (χ4v) is 2.14. The Morgan fingerprint density at radius 3 is 2.75 bits per heavy atom. The highest BCUT2D eigenvalue weighted by Gasteiger charge is 2.27. The van der Waals surface area contributed by atoms with Gasteiger partial charge in [0.2, 0.25) is 0 Å². The third kappa shape index (κ3) is 1.97. The van der Waals surface area contributed by atoms with E-state index in [2.05, 4.69) is 26.8 Å². The third-order valence-electron chi connectivity index (χ3n) is 3.25. The minimum atomic E-state index is 0.208. The van der Waals surface area contributed by atoms with Crippen LogP contribution in [0.4, 0.5) is 0 Å². The van der Waals surface area contributed by atoms with Crippen LogP contribution in [0.5, 0.6) is 0 Å². The predicted molar refractivity (Wildman–Crippen MR) is 65.4 cm³/mol. The maximum absolute atomic E-state index is 12.1. The first-order valence-electron chi connectivity index (χ1n) is 5.97. The van der Waals surface area contributed by atoms with Gasteiger partial charge in [-0.15, -0.1) is 0 Å². The average molecular weight is 217 g/mol. The molecule has 2 heteroatoms. The van der Waals surface area contributed by atoms with Crippen molar-refractivity contribution >= 4 is 5.91 Å². The highest BCUT2D eigenvalue weighted by molar-refractivity contribution is 5.98. The van der Waals surface area contributed by atoms with E-state index in [0.29, 0.717) is 5.92 Å². The molecule has 1 amide bonds. The van der Waals surface area contributed by atoms with Crippen LogP contribution in [0.3, 0.4) is 0 Å². The summed E-state index contributed by atoms with van der Waals surface area (Å²) in [6.45, 7) is 8.15. The van der Waals surface area contributed by atoms with Gasteiger partial charge >= 0.3 is 0 Å². The van der Waals surface area contributed by atoms with Crippen LogP contribution in [0.2, 0.25) is 0 Å². The van der Waals surface area contributed by atoms with Gasteiger partial charge < -0.3 is 4.90 Å². The molecule has 1 heterocycles. The molecule has 0 spiro atoms. The normalized spacial score (nSPS) is 14.8. The minimum Gasteiger partial charge on any atom is -0.334 e. The van der Waals surface area contributed by atoms with E-state index >= 15 is 0 Å². The van der Waals surface area contributed by atoms with Crippen molar-refractivity contribution in [2.75, 3.05) is 6.54 Å².